The number of methoxy groups -OCH3 is 2. The molecule has 4 nitrogen and oxygen atoms in total. The van der Waals surface area contributed by atoms with Crippen LogP contribution in [0.25, 0.3) is 0 Å². The van der Waals surface area contributed by atoms with Crippen molar-refractivity contribution < 1.29 is 53.8 Å². The third-order valence-electron chi connectivity index (χ3n) is 6.92. The Morgan fingerprint density at radius 2 is 1.35 bits per heavy atom. The SMILES string of the molecule is COC(=O)N(Cc1cc(C(F)(F)F)cc(C(F)(F)F)c1)Cc1cc(C(F)(F)F)ccc1C(OC)C1CCCCC1. The van der Waals surface area contributed by atoms with Gasteiger partial charge in [0, 0.05) is 20.2 Å². The number of hydrogen-bond acceptors (Lipinski definition) is 3. The molecule has 0 aromatic heterocycles. The molecule has 0 heterocycles. The van der Waals surface area contributed by atoms with Crippen LogP contribution in [0.2, 0.25) is 0 Å². The molecule has 0 N–H and O–H groups in total. The summed E-state index contributed by atoms with van der Waals surface area (Å²) in [5, 5.41) is 0. The monoisotopic (exact) mass is 585 g/mol. The number of hydrogen-bond donors (Lipinski definition) is 0. The molecule has 2 aromatic rings. The number of carbonyl (C=O) groups is 1. The summed E-state index contributed by atoms with van der Waals surface area (Å²) in [4.78, 5) is 13.4. The van der Waals surface area contributed by atoms with E-state index in [2.05, 4.69) is 4.74 Å². The third kappa shape index (κ3) is 7.82. The maximum atomic E-state index is 13.6. The van der Waals surface area contributed by atoms with Gasteiger partial charge in [-0.2, -0.15) is 39.5 Å². The van der Waals surface area contributed by atoms with Gasteiger partial charge in [0.1, 0.15) is 0 Å². The molecule has 0 bridgehead atoms. The lowest BCUT2D eigenvalue weighted by Gasteiger charge is -2.32. The zero-order valence-electron chi connectivity index (χ0n) is 21.6. The highest BCUT2D eigenvalue weighted by molar-refractivity contribution is 5.67. The Labute approximate surface area is 225 Å². The highest BCUT2D eigenvalue weighted by Crippen LogP contribution is 2.41. The van der Waals surface area contributed by atoms with Crippen LogP contribution in [0.5, 0.6) is 0 Å². The Bertz CT molecular complexity index is 1140. The molecular formula is C27H28F9NO3. The van der Waals surface area contributed by atoms with Gasteiger partial charge in [-0.1, -0.05) is 25.3 Å². The molecule has 1 aliphatic carbocycles. The van der Waals surface area contributed by atoms with Crippen molar-refractivity contribution in [1.29, 1.82) is 0 Å². The first-order chi connectivity index (χ1) is 18.5. The largest absolute Gasteiger partial charge is 0.453 e. The minimum absolute atomic E-state index is 0.0133. The highest BCUT2D eigenvalue weighted by atomic mass is 19.4. The summed E-state index contributed by atoms with van der Waals surface area (Å²) < 4.78 is 131. The number of carbonyl (C=O) groups excluding carboxylic acids is 1. The topological polar surface area (TPSA) is 38.8 Å². The summed E-state index contributed by atoms with van der Waals surface area (Å²) in [5.41, 5.74) is -4.40. The van der Waals surface area contributed by atoms with Crippen molar-refractivity contribution in [3.05, 3.63) is 69.8 Å². The molecule has 222 valence electrons. The predicted molar refractivity (Wildman–Crippen MR) is 126 cm³/mol. The normalized spacial score (nSPS) is 16.1. The number of alkyl halides is 9. The van der Waals surface area contributed by atoms with Crippen molar-refractivity contribution in [3.8, 4) is 0 Å². The maximum absolute atomic E-state index is 13.6. The summed E-state index contributed by atoms with van der Waals surface area (Å²) in [6.45, 7) is -1.38. The molecule has 1 fully saturated rings. The lowest BCUT2D eigenvalue weighted by Crippen LogP contribution is -2.31. The van der Waals surface area contributed by atoms with Gasteiger partial charge in [-0.25, -0.2) is 4.79 Å². The van der Waals surface area contributed by atoms with E-state index in [0.717, 1.165) is 56.2 Å². The first kappa shape index (κ1) is 31.6. The van der Waals surface area contributed by atoms with E-state index in [1.165, 1.54) is 13.2 Å². The molecule has 0 saturated heterocycles. The Morgan fingerprint density at radius 1 is 0.800 bits per heavy atom. The van der Waals surface area contributed by atoms with Crippen LogP contribution in [0.3, 0.4) is 0 Å². The molecule has 1 atom stereocenters. The van der Waals surface area contributed by atoms with Gasteiger partial charge in [-0.05, 0) is 65.8 Å². The fourth-order valence-corrected chi connectivity index (χ4v) is 5.06. The van der Waals surface area contributed by atoms with E-state index in [4.69, 9.17) is 4.74 Å². The fraction of sp³-hybridized carbons (Fsp3) is 0.519. The molecule has 1 unspecified atom stereocenters. The van der Waals surface area contributed by atoms with Gasteiger partial charge >= 0.3 is 24.6 Å². The summed E-state index contributed by atoms with van der Waals surface area (Å²) in [7, 11) is 2.34. The van der Waals surface area contributed by atoms with E-state index >= 15 is 0 Å². The minimum Gasteiger partial charge on any atom is -0.453 e. The Morgan fingerprint density at radius 3 is 1.82 bits per heavy atom. The molecule has 0 spiro atoms. The zero-order chi connectivity index (χ0) is 29.9. The quantitative estimate of drug-likeness (QED) is 0.305. The lowest BCUT2D eigenvalue weighted by atomic mass is 9.81. The van der Waals surface area contributed by atoms with Crippen LogP contribution in [0, 0.1) is 5.92 Å². The summed E-state index contributed by atoms with van der Waals surface area (Å²) in [5.74, 6) is -0.0291. The Hall–Kier alpha value is -2.96. The molecule has 3 rings (SSSR count). The van der Waals surface area contributed by atoms with E-state index in [1.54, 1.807) is 0 Å². The lowest BCUT2D eigenvalue weighted by molar-refractivity contribution is -0.143. The van der Waals surface area contributed by atoms with Crippen LogP contribution >= 0.6 is 0 Å². The van der Waals surface area contributed by atoms with E-state index in [-0.39, 0.29) is 17.5 Å². The minimum atomic E-state index is -5.12. The predicted octanol–water partition coefficient (Wildman–Crippen LogP) is 8.78. The number of halogens is 9. The molecule has 1 aliphatic rings. The number of benzene rings is 2. The Kier molecular flexibility index (Phi) is 9.69. The van der Waals surface area contributed by atoms with Gasteiger partial charge in [0.05, 0.1) is 29.9 Å². The molecule has 0 radical (unpaired) electrons. The van der Waals surface area contributed by atoms with Crippen LogP contribution in [0.15, 0.2) is 36.4 Å². The summed E-state index contributed by atoms with van der Waals surface area (Å²) >= 11 is 0. The Balaban J connectivity index is 2.08. The molecule has 2 aromatic carbocycles. The van der Waals surface area contributed by atoms with Crippen LogP contribution < -0.4 is 0 Å². The van der Waals surface area contributed by atoms with E-state index in [1.807, 2.05) is 0 Å². The number of nitrogens with zero attached hydrogens (tertiary/aromatic N) is 1. The van der Waals surface area contributed by atoms with Gasteiger partial charge in [0.25, 0.3) is 0 Å². The van der Waals surface area contributed by atoms with Crippen molar-refractivity contribution in [2.24, 2.45) is 5.92 Å². The van der Waals surface area contributed by atoms with Gasteiger partial charge < -0.3 is 9.47 Å². The van der Waals surface area contributed by atoms with Crippen molar-refractivity contribution in [2.45, 2.75) is 69.8 Å². The summed E-state index contributed by atoms with van der Waals surface area (Å²) in [6, 6.07) is 3.79. The first-order valence-electron chi connectivity index (χ1n) is 12.4. The van der Waals surface area contributed by atoms with Crippen LogP contribution in [-0.4, -0.2) is 25.2 Å². The maximum Gasteiger partial charge on any atom is 0.416 e. The number of amides is 1. The van der Waals surface area contributed by atoms with E-state index in [9.17, 15) is 44.3 Å². The first-order valence-corrected chi connectivity index (χ1v) is 12.4. The van der Waals surface area contributed by atoms with E-state index in [0.29, 0.717) is 17.7 Å². The second-order valence-corrected chi connectivity index (χ2v) is 9.71. The molecule has 13 heteroatoms. The zero-order valence-corrected chi connectivity index (χ0v) is 21.6. The molecule has 40 heavy (non-hydrogen) atoms. The van der Waals surface area contributed by atoms with Crippen molar-refractivity contribution in [3.63, 3.8) is 0 Å². The molecule has 0 aliphatic heterocycles. The van der Waals surface area contributed by atoms with Crippen molar-refractivity contribution in [2.75, 3.05) is 14.2 Å². The number of rotatable bonds is 7. The van der Waals surface area contributed by atoms with Crippen LogP contribution in [-0.2, 0) is 41.1 Å². The summed E-state index contributed by atoms with van der Waals surface area (Å²) in [6.07, 6.45) is -12.5. The van der Waals surface area contributed by atoms with Crippen LogP contribution in [0.1, 0.15) is 71.6 Å². The number of ether oxygens (including phenoxy) is 2. The molecular weight excluding hydrogens is 557 g/mol. The van der Waals surface area contributed by atoms with E-state index < -0.39 is 66.1 Å². The average molecular weight is 586 g/mol. The smallest absolute Gasteiger partial charge is 0.416 e. The second-order valence-electron chi connectivity index (χ2n) is 9.71. The second kappa shape index (κ2) is 12.3. The van der Waals surface area contributed by atoms with Gasteiger partial charge in [-0.15, -0.1) is 0 Å². The fourth-order valence-electron chi connectivity index (χ4n) is 5.06. The third-order valence-corrected chi connectivity index (χ3v) is 6.92. The molecule has 1 saturated carbocycles. The van der Waals surface area contributed by atoms with Gasteiger partial charge in [0.15, 0.2) is 0 Å². The highest BCUT2D eigenvalue weighted by Gasteiger charge is 2.38. The van der Waals surface area contributed by atoms with Crippen molar-refractivity contribution >= 4 is 6.09 Å². The van der Waals surface area contributed by atoms with Gasteiger partial charge in [0.2, 0.25) is 0 Å². The van der Waals surface area contributed by atoms with Crippen LogP contribution in [0.4, 0.5) is 44.3 Å². The molecule has 1 amide bonds. The van der Waals surface area contributed by atoms with Gasteiger partial charge in [-0.3, -0.25) is 4.90 Å². The van der Waals surface area contributed by atoms with Crippen molar-refractivity contribution in [1.82, 2.24) is 4.90 Å². The standard InChI is InChI=1S/C27H28F9NO3/c1-39-23(17-6-4-3-5-7-17)22-9-8-19(25(28,29)30)12-18(22)15-37(24(38)40-2)14-16-10-20(26(31,32)33)13-21(11-16)27(34,35)36/h8-13,17,23H,3-7,14-15H2,1-2H3. The average Bonchev–Trinajstić information content (AvgIpc) is 2.88.